The largest absolute Gasteiger partial charge is 0.466 e. The van der Waals surface area contributed by atoms with Crippen molar-refractivity contribution in [3.05, 3.63) is 53.1 Å². The zero-order valence-electron chi connectivity index (χ0n) is 10.6. The second-order valence-corrected chi connectivity index (χ2v) is 4.09. The molecule has 0 heterocycles. The van der Waals surface area contributed by atoms with Crippen molar-refractivity contribution in [2.24, 2.45) is 0 Å². The van der Waals surface area contributed by atoms with Gasteiger partial charge in [-0.25, -0.2) is 4.79 Å². The van der Waals surface area contributed by atoms with E-state index >= 15 is 0 Å². The van der Waals surface area contributed by atoms with E-state index in [2.05, 4.69) is 36.8 Å². The Morgan fingerprint density at radius 1 is 1.35 bits per heavy atom. The highest BCUT2D eigenvalue weighted by atomic mass is 16.5. The van der Waals surface area contributed by atoms with Crippen LogP contribution in [0.25, 0.3) is 6.08 Å². The molecule has 0 saturated carbocycles. The first-order chi connectivity index (χ1) is 8.11. The zero-order chi connectivity index (χ0) is 12.7. The summed E-state index contributed by atoms with van der Waals surface area (Å²) < 4.78 is 4.55. The van der Waals surface area contributed by atoms with Gasteiger partial charge in [0.2, 0.25) is 0 Å². The van der Waals surface area contributed by atoms with Crippen molar-refractivity contribution >= 4 is 12.0 Å². The van der Waals surface area contributed by atoms with Crippen LogP contribution in [0.15, 0.2) is 42.0 Å². The van der Waals surface area contributed by atoms with Crippen molar-refractivity contribution in [3.63, 3.8) is 0 Å². The molecule has 0 N–H and O–H groups in total. The third-order valence-electron chi connectivity index (χ3n) is 2.31. The number of carbonyl (C=O) groups excluding carboxylic acids is 1. The number of carbonyl (C=O) groups is 1. The van der Waals surface area contributed by atoms with Crippen LogP contribution in [0, 0.1) is 0 Å². The molecule has 0 radical (unpaired) electrons. The van der Waals surface area contributed by atoms with E-state index in [-0.39, 0.29) is 5.97 Å². The lowest BCUT2D eigenvalue weighted by Crippen LogP contribution is -1.93. The molecule has 0 saturated heterocycles. The molecule has 2 heteroatoms. The lowest BCUT2D eigenvalue weighted by atomic mass is 10.1. The standard InChI is InChI=1S/C15H18O2/c1-12(2)7-8-13-5-4-6-14(11-13)9-10-15(16)17-3/h4-7,9-11H,8H2,1-3H3/b10-9+. The SMILES string of the molecule is COC(=O)/C=C/c1cccc(CC=C(C)C)c1. The van der Waals surface area contributed by atoms with Gasteiger partial charge in [0.25, 0.3) is 0 Å². The fraction of sp³-hybridized carbons (Fsp3) is 0.267. The third kappa shape index (κ3) is 5.16. The topological polar surface area (TPSA) is 26.3 Å². The molecule has 0 amide bonds. The number of allylic oxidation sites excluding steroid dienone is 2. The van der Waals surface area contributed by atoms with E-state index in [1.165, 1.54) is 24.3 Å². The lowest BCUT2D eigenvalue weighted by molar-refractivity contribution is -0.134. The molecule has 0 aliphatic rings. The van der Waals surface area contributed by atoms with Gasteiger partial charge in [-0.05, 0) is 37.5 Å². The van der Waals surface area contributed by atoms with E-state index in [1.807, 2.05) is 12.1 Å². The van der Waals surface area contributed by atoms with Gasteiger partial charge in [0.05, 0.1) is 7.11 Å². The van der Waals surface area contributed by atoms with Crippen molar-refractivity contribution in [3.8, 4) is 0 Å². The number of rotatable bonds is 4. The van der Waals surface area contributed by atoms with Gasteiger partial charge in [0.15, 0.2) is 0 Å². The minimum absolute atomic E-state index is 0.334. The van der Waals surface area contributed by atoms with Crippen molar-refractivity contribution in [2.75, 3.05) is 7.11 Å². The van der Waals surface area contributed by atoms with Crippen LogP contribution < -0.4 is 0 Å². The maximum atomic E-state index is 11.0. The van der Waals surface area contributed by atoms with Crippen molar-refractivity contribution in [1.82, 2.24) is 0 Å². The van der Waals surface area contributed by atoms with Gasteiger partial charge in [0.1, 0.15) is 0 Å². The lowest BCUT2D eigenvalue weighted by Gasteiger charge is -1.99. The van der Waals surface area contributed by atoms with E-state index in [0.717, 1.165) is 12.0 Å². The Morgan fingerprint density at radius 2 is 2.12 bits per heavy atom. The molecule has 1 aromatic rings. The Balaban J connectivity index is 2.75. The summed E-state index contributed by atoms with van der Waals surface area (Å²) in [5.74, 6) is -0.334. The molecule has 90 valence electrons. The minimum Gasteiger partial charge on any atom is -0.466 e. The Hall–Kier alpha value is -1.83. The Morgan fingerprint density at radius 3 is 2.76 bits per heavy atom. The van der Waals surface area contributed by atoms with Crippen LogP contribution in [0.5, 0.6) is 0 Å². The molecule has 1 rings (SSSR count). The maximum absolute atomic E-state index is 11.0. The molecule has 0 aliphatic carbocycles. The minimum atomic E-state index is -0.334. The summed E-state index contributed by atoms with van der Waals surface area (Å²) in [4.78, 5) is 11.0. The second kappa shape index (κ2) is 6.69. The normalized spacial score (nSPS) is 10.3. The summed E-state index contributed by atoms with van der Waals surface area (Å²) in [5, 5.41) is 0. The van der Waals surface area contributed by atoms with Crippen molar-refractivity contribution in [1.29, 1.82) is 0 Å². The molecule has 0 atom stereocenters. The first kappa shape index (κ1) is 13.2. The zero-order valence-corrected chi connectivity index (χ0v) is 10.6. The van der Waals surface area contributed by atoms with Crippen LogP contribution in [-0.2, 0) is 16.0 Å². The van der Waals surface area contributed by atoms with Crippen LogP contribution in [0.1, 0.15) is 25.0 Å². The van der Waals surface area contributed by atoms with Crippen molar-refractivity contribution in [2.45, 2.75) is 20.3 Å². The molecular weight excluding hydrogens is 212 g/mol. The number of hydrogen-bond donors (Lipinski definition) is 0. The molecule has 0 aliphatic heterocycles. The fourth-order valence-corrected chi connectivity index (χ4v) is 1.38. The van der Waals surface area contributed by atoms with E-state index in [9.17, 15) is 4.79 Å². The second-order valence-electron chi connectivity index (χ2n) is 4.09. The van der Waals surface area contributed by atoms with E-state index in [4.69, 9.17) is 0 Å². The highest BCUT2D eigenvalue weighted by Crippen LogP contribution is 2.09. The number of esters is 1. The van der Waals surface area contributed by atoms with E-state index in [0.29, 0.717) is 0 Å². The first-order valence-electron chi connectivity index (χ1n) is 5.60. The summed E-state index contributed by atoms with van der Waals surface area (Å²) in [5.41, 5.74) is 3.55. The van der Waals surface area contributed by atoms with Gasteiger partial charge in [-0.1, -0.05) is 35.9 Å². The van der Waals surface area contributed by atoms with Crippen LogP contribution in [0.2, 0.25) is 0 Å². The van der Waals surface area contributed by atoms with Gasteiger partial charge in [-0.15, -0.1) is 0 Å². The molecule has 1 aromatic carbocycles. The predicted octanol–water partition coefficient (Wildman–Crippen LogP) is 3.38. The quantitative estimate of drug-likeness (QED) is 0.450. The van der Waals surface area contributed by atoms with Crippen LogP contribution in [0.4, 0.5) is 0 Å². The van der Waals surface area contributed by atoms with Crippen molar-refractivity contribution < 1.29 is 9.53 Å². The summed E-state index contributed by atoms with van der Waals surface area (Å²) in [7, 11) is 1.37. The Kier molecular flexibility index (Phi) is 5.21. The third-order valence-corrected chi connectivity index (χ3v) is 2.31. The number of hydrogen-bond acceptors (Lipinski definition) is 2. The number of benzene rings is 1. The highest BCUT2D eigenvalue weighted by Gasteiger charge is 1.94. The molecule has 17 heavy (non-hydrogen) atoms. The average Bonchev–Trinajstić information content (AvgIpc) is 2.34. The van der Waals surface area contributed by atoms with Gasteiger partial charge in [0, 0.05) is 6.08 Å². The molecule has 0 fully saturated rings. The van der Waals surface area contributed by atoms with E-state index in [1.54, 1.807) is 6.08 Å². The fourth-order valence-electron chi connectivity index (χ4n) is 1.38. The first-order valence-corrected chi connectivity index (χ1v) is 5.60. The summed E-state index contributed by atoms with van der Waals surface area (Å²) in [6.45, 7) is 4.17. The Labute approximate surface area is 103 Å². The highest BCUT2D eigenvalue weighted by molar-refractivity contribution is 5.86. The number of ether oxygens (including phenoxy) is 1. The molecule has 0 bridgehead atoms. The average molecular weight is 230 g/mol. The van der Waals surface area contributed by atoms with Crippen LogP contribution >= 0.6 is 0 Å². The maximum Gasteiger partial charge on any atom is 0.330 e. The molecule has 2 nitrogen and oxygen atoms in total. The smallest absolute Gasteiger partial charge is 0.330 e. The van der Waals surface area contributed by atoms with Crippen LogP contribution in [-0.4, -0.2) is 13.1 Å². The molecule has 0 aromatic heterocycles. The van der Waals surface area contributed by atoms with Gasteiger partial charge >= 0.3 is 5.97 Å². The predicted molar refractivity (Wildman–Crippen MR) is 70.6 cm³/mol. The molecule has 0 unspecified atom stereocenters. The molecule has 0 spiro atoms. The monoisotopic (exact) mass is 230 g/mol. The summed E-state index contributed by atoms with van der Waals surface area (Å²) in [6, 6.07) is 8.10. The van der Waals surface area contributed by atoms with Gasteiger partial charge < -0.3 is 4.74 Å². The Bertz CT molecular complexity index is 438. The van der Waals surface area contributed by atoms with Gasteiger partial charge in [-0.3, -0.25) is 0 Å². The van der Waals surface area contributed by atoms with Crippen LogP contribution in [0.3, 0.4) is 0 Å². The summed E-state index contributed by atoms with van der Waals surface area (Å²) >= 11 is 0. The van der Waals surface area contributed by atoms with Gasteiger partial charge in [-0.2, -0.15) is 0 Å². The molecular formula is C15H18O2. The number of methoxy groups -OCH3 is 1. The summed E-state index contributed by atoms with van der Waals surface area (Å²) in [6.07, 6.45) is 6.29. The van der Waals surface area contributed by atoms with E-state index < -0.39 is 0 Å².